The molecule has 6 heteroatoms. The molecule has 0 bridgehead atoms. The quantitative estimate of drug-likeness (QED) is 0.717. The normalized spacial score (nSPS) is 10.7. The van der Waals surface area contributed by atoms with Crippen LogP contribution in [0.4, 0.5) is 0 Å². The number of amides is 1. The highest BCUT2D eigenvalue weighted by Crippen LogP contribution is 2.22. The smallest absolute Gasteiger partial charge is 0.271 e. The van der Waals surface area contributed by atoms with Crippen molar-refractivity contribution in [2.24, 2.45) is 0 Å². The minimum Gasteiger partial charge on any atom is -0.350 e. The van der Waals surface area contributed by atoms with Gasteiger partial charge in [0.15, 0.2) is 5.69 Å². The molecule has 2 heterocycles. The molecule has 23 heavy (non-hydrogen) atoms. The molecule has 3 rings (SSSR count). The van der Waals surface area contributed by atoms with Crippen LogP contribution in [0, 0.1) is 6.92 Å². The molecule has 0 aliphatic rings. The van der Waals surface area contributed by atoms with E-state index in [4.69, 9.17) is 0 Å². The van der Waals surface area contributed by atoms with Crippen molar-refractivity contribution in [1.82, 2.24) is 15.1 Å². The SMILES string of the molecule is Cc1cc(C(=O)NCCc2ccc(Br)s2)nn1-c1ccccc1. The van der Waals surface area contributed by atoms with Crippen LogP contribution >= 0.6 is 27.3 Å². The van der Waals surface area contributed by atoms with Crippen LogP contribution in [-0.2, 0) is 6.42 Å². The highest BCUT2D eigenvalue weighted by atomic mass is 79.9. The second-order valence-corrected chi connectivity index (χ2v) is 7.68. The van der Waals surface area contributed by atoms with Crippen LogP contribution in [0.5, 0.6) is 0 Å². The predicted molar refractivity (Wildman–Crippen MR) is 96.4 cm³/mol. The molecular weight excluding hydrogens is 374 g/mol. The Morgan fingerprint density at radius 2 is 2.04 bits per heavy atom. The molecule has 1 N–H and O–H groups in total. The maximum Gasteiger partial charge on any atom is 0.271 e. The zero-order valence-corrected chi connectivity index (χ0v) is 15.0. The fraction of sp³-hybridized carbons (Fsp3) is 0.176. The van der Waals surface area contributed by atoms with Gasteiger partial charge in [-0.2, -0.15) is 5.10 Å². The second-order valence-electron chi connectivity index (χ2n) is 5.13. The molecule has 0 atom stereocenters. The Morgan fingerprint density at radius 1 is 1.26 bits per heavy atom. The summed E-state index contributed by atoms with van der Waals surface area (Å²) in [6.07, 6.45) is 0.820. The zero-order chi connectivity index (χ0) is 16.2. The first-order valence-electron chi connectivity index (χ1n) is 7.28. The molecule has 2 aromatic heterocycles. The van der Waals surface area contributed by atoms with Gasteiger partial charge in [-0.05, 0) is 59.6 Å². The Balaban J connectivity index is 1.64. The Morgan fingerprint density at radius 3 is 2.74 bits per heavy atom. The summed E-state index contributed by atoms with van der Waals surface area (Å²) in [5, 5.41) is 7.33. The maximum absolute atomic E-state index is 12.2. The number of nitrogens with zero attached hydrogens (tertiary/aromatic N) is 2. The summed E-state index contributed by atoms with van der Waals surface area (Å²) in [5.74, 6) is -0.140. The lowest BCUT2D eigenvalue weighted by Gasteiger charge is -2.03. The number of hydrogen-bond acceptors (Lipinski definition) is 3. The van der Waals surface area contributed by atoms with E-state index in [1.54, 1.807) is 16.0 Å². The summed E-state index contributed by atoms with van der Waals surface area (Å²) in [5.41, 5.74) is 2.33. The van der Waals surface area contributed by atoms with E-state index in [0.29, 0.717) is 12.2 Å². The first kappa shape index (κ1) is 16.0. The lowest BCUT2D eigenvalue weighted by Crippen LogP contribution is -2.26. The third kappa shape index (κ3) is 3.89. The van der Waals surface area contributed by atoms with Crippen LogP contribution in [0.1, 0.15) is 21.1 Å². The van der Waals surface area contributed by atoms with E-state index >= 15 is 0 Å². The van der Waals surface area contributed by atoms with Crippen LogP contribution in [0.15, 0.2) is 52.3 Å². The van der Waals surface area contributed by atoms with Crippen molar-refractivity contribution in [1.29, 1.82) is 0 Å². The molecule has 0 spiro atoms. The maximum atomic E-state index is 12.2. The Hall–Kier alpha value is -1.92. The van der Waals surface area contributed by atoms with Crippen LogP contribution in [0.2, 0.25) is 0 Å². The van der Waals surface area contributed by atoms with E-state index in [1.807, 2.05) is 49.4 Å². The molecular formula is C17H16BrN3OS. The minimum absolute atomic E-state index is 0.140. The van der Waals surface area contributed by atoms with Gasteiger partial charge in [-0.25, -0.2) is 4.68 Å². The van der Waals surface area contributed by atoms with Crippen molar-refractivity contribution < 1.29 is 4.79 Å². The number of aryl methyl sites for hydroxylation is 1. The second kappa shape index (κ2) is 7.10. The highest BCUT2D eigenvalue weighted by Gasteiger charge is 2.12. The molecule has 0 saturated heterocycles. The van der Waals surface area contributed by atoms with Gasteiger partial charge < -0.3 is 5.32 Å². The van der Waals surface area contributed by atoms with Crippen molar-refractivity contribution in [3.05, 3.63) is 68.6 Å². The number of carbonyl (C=O) groups excluding carboxylic acids is 1. The predicted octanol–water partition coefficient (Wildman–Crippen LogP) is 3.98. The van der Waals surface area contributed by atoms with Crippen LogP contribution in [0.3, 0.4) is 0 Å². The molecule has 4 nitrogen and oxygen atoms in total. The number of para-hydroxylation sites is 1. The molecule has 0 aliphatic carbocycles. The van der Waals surface area contributed by atoms with Crippen LogP contribution < -0.4 is 5.32 Å². The van der Waals surface area contributed by atoms with Crippen molar-refractivity contribution in [2.75, 3.05) is 6.54 Å². The number of aromatic nitrogens is 2. The number of carbonyl (C=O) groups is 1. The number of benzene rings is 1. The van der Waals surface area contributed by atoms with E-state index in [0.717, 1.165) is 21.6 Å². The average molecular weight is 390 g/mol. The average Bonchev–Trinajstić information content (AvgIpc) is 3.14. The van der Waals surface area contributed by atoms with Crippen LogP contribution in [-0.4, -0.2) is 22.2 Å². The fourth-order valence-corrected chi connectivity index (χ4v) is 3.77. The number of nitrogens with one attached hydrogen (secondary N) is 1. The number of hydrogen-bond donors (Lipinski definition) is 1. The van der Waals surface area contributed by atoms with E-state index in [1.165, 1.54) is 4.88 Å². The summed E-state index contributed by atoms with van der Waals surface area (Å²) in [6.45, 7) is 2.54. The van der Waals surface area contributed by atoms with Gasteiger partial charge in [-0.3, -0.25) is 4.79 Å². The van der Waals surface area contributed by atoms with Gasteiger partial charge in [0.05, 0.1) is 9.47 Å². The molecule has 1 amide bonds. The van der Waals surface area contributed by atoms with Crippen LogP contribution in [0.25, 0.3) is 5.69 Å². The Labute approximate surface area is 147 Å². The lowest BCUT2D eigenvalue weighted by atomic mass is 10.3. The van der Waals surface area contributed by atoms with E-state index in [2.05, 4.69) is 32.4 Å². The fourth-order valence-electron chi connectivity index (χ4n) is 2.29. The third-order valence-corrected chi connectivity index (χ3v) is 5.09. The molecule has 0 fully saturated rings. The third-order valence-electron chi connectivity index (χ3n) is 3.41. The summed E-state index contributed by atoms with van der Waals surface area (Å²) in [6, 6.07) is 15.7. The van der Waals surface area contributed by atoms with E-state index in [-0.39, 0.29) is 5.91 Å². The van der Waals surface area contributed by atoms with Crippen molar-refractivity contribution in [3.8, 4) is 5.69 Å². The van der Waals surface area contributed by atoms with E-state index < -0.39 is 0 Å². The summed E-state index contributed by atoms with van der Waals surface area (Å²) in [4.78, 5) is 13.5. The van der Waals surface area contributed by atoms with Gasteiger partial charge in [0.1, 0.15) is 0 Å². The molecule has 0 aliphatic heterocycles. The van der Waals surface area contributed by atoms with Crippen molar-refractivity contribution >= 4 is 33.2 Å². The number of thiophene rings is 1. The van der Waals surface area contributed by atoms with E-state index in [9.17, 15) is 4.79 Å². The number of rotatable bonds is 5. The van der Waals surface area contributed by atoms with Gasteiger partial charge >= 0.3 is 0 Å². The minimum atomic E-state index is -0.140. The largest absolute Gasteiger partial charge is 0.350 e. The van der Waals surface area contributed by atoms with Gasteiger partial charge in [0.25, 0.3) is 5.91 Å². The Kier molecular flexibility index (Phi) is 4.93. The zero-order valence-electron chi connectivity index (χ0n) is 12.6. The topological polar surface area (TPSA) is 46.9 Å². The molecule has 0 unspecified atom stereocenters. The van der Waals surface area contributed by atoms with Gasteiger partial charge in [-0.15, -0.1) is 11.3 Å². The summed E-state index contributed by atoms with van der Waals surface area (Å²) >= 11 is 5.13. The molecule has 1 aromatic carbocycles. The van der Waals surface area contributed by atoms with Gasteiger partial charge in [-0.1, -0.05) is 18.2 Å². The summed E-state index contributed by atoms with van der Waals surface area (Å²) in [7, 11) is 0. The highest BCUT2D eigenvalue weighted by molar-refractivity contribution is 9.11. The van der Waals surface area contributed by atoms with Crippen molar-refractivity contribution in [3.63, 3.8) is 0 Å². The molecule has 3 aromatic rings. The molecule has 118 valence electrons. The molecule has 0 radical (unpaired) electrons. The number of halogens is 1. The standard InChI is InChI=1S/C17H16BrN3OS/c1-12-11-15(20-21(12)13-5-3-2-4-6-13)17(22)19-10-9-14-7-8-16(18)23-14/h2-8,11H,9-10H2,1H3,(H,19,22). The van der Waals surface area contributed by atoms with Gasteiger partial charge in [0, 0.05) is 17.1 Å². The molecule has 0 saturated carbocycles. The first-order chi connectivity index (χ1) is 11.1. The summed E-state index contributed by atoms with van der Waals surface area (Å²) < 4.78 is 2.89. The first-order valence-corrected chi connectivity index (χ1v) is 8.89. The lowest BCUT2D eigenvalue weighted by molar-refractivity contribution is 0.0949. The Bertz CT molecular complexity index is 810. The van der Waals surface area contributed by atoms with Gasteiger partial charge in [0.2, 0.25) is 0 Å². The monoisotopic (exact) mass is 389 g/mol. The van der Waals surface area contributed by atoms with Crippen molar-refractivity contribution in [2.45, 2.75) is 13.3 Å².